The van der Waals surface area contributed by atoms with Gasteiger partial charge in [0.2, 0.25) is 0 Å². The quantitative estimate of drug-likeness (QED) is 0.858. The van der Waals surface area contributed by atoms with Gasteiger partial charge in [-0.25, -0.2) is 0 Å². The Bertz CT molecular complexity index is 499. The van der Waals surface area contributed by atoms with Crippen LogP contribution in [0.1, 0.15) is 24.0 Å². The lowest BCUT2D eigenvalue weighted by Gasteiger charge is -2.35. The van der Waals surface area contributed by atoms with E-state index < -0.39 is 0 Å². The SMILES string of the molecule is CN1CCC(N(C)Cc2cc(N)cc3c2OCOC3)CC1. The van der Waals surface area contributed by atoms with Crippen LogP contribution in [-0.4, -0.2) is 49.8 Å². The molecule has 0 aromatic heterocycles. The Kier molecular flexibility index (Phi) is 4.33. The number of hydrogen-bond donors (Lipinski definition) is 1. The van der Waals surface area contributed by atoms with Gasteiger partial charge in [-0.15, -0.1) is 0 Å². The molecule has 21 heavy (non-hydrogen) atoms. The van der Waals surface area contributed by atoms with E-state index in [4.69, 9.17) is 15.2 Å². The minimum atomic E-state index is 0.335. The second-order valence-electron chi connectivity index (χ2n) is 6.23. The molecule has 0 radical (unpaired) electrons. The molecule has 1 fully saturated rings. The molecule has 0 unspecified atom stereocenters. The van der Waals surface area contributed by atoms with Crippen molar-refractivity contribution in [2.24, 2.45) is 0 Å². The van der Waals surface area contributed by atoms with Crippen LogP contribution in [0.2, 0.25) is 0 Å². The van der Waals surface area contributed by atoms with Gasteiger partial charge in [-0.2, -0.15) is 0 Å². The van der Waals surface area contributed by atoms with Crippen LogP contribution in [0.3, 0.4) is 0 Å². The lowest BCUT2D eigenvalue weighted by molar-refractivity contribution is -0.0175. The number of anilines is 1. The average Bonchev–Trinajstić information content (AvgIpc) is 2.47. The first kappa shape index (κ1) is 14.6. The first-order valence-corrected chi connectivity index (χ1v) is 7.64. The summed E-state index contributed by atoms with van der Waals surface area (Å²) in [7, 11) is 4.39. The molecule has 1 saturated heterocycles. The summed E-state index contributed by atoms with van der Waals surface area (Å²) in [5.41, 5.74) is 9.04. The summed E-state index contributed by atoms with van der Waals surface area (Å²) in [6.45, 7) is 4.15. The van der Waals surface area contributed by atoms with E-state index in [2.05, 4.69) is 23.9 Å². The molecule has 0 atom stereocenters. The van der Waals surface area contributed by atoms with Crippen molar-refractivity contribution in [2.75, 3.05) is 39.7 Å². The van der Waals surface area contributed by atoms with Crippen LogP contribution in [0.25, 0.3) is 0 Å². The van der Waals surface area contributed by atoms with Crippen molar-refractivity contribution in [3.8, 4) is 5.75 Å². The molecule has 0 bridgehead atoms. The molecule has 5 heteroatoms. The first-order valence-electron chi connectivity index (χ1n) is 7.64. The Morgan fingerprint density at radius 2 is 2.10 bits per heavy atom. The number of hydrogen-bond acceptors (Lipinski definition) is 5. The lowest BCUT2D eigenvalue weighted by atomic mass is 10.0. The van der Waals surface area contributed by atoms with Crippen molar-refractivity contribution in [3.05, 3.63) is 23.3 Å². The van der Waals surface area contributed by atoms with E-state index in [0.29, 0.717) is 19.4 Å². The predicted molar refractivity (Wildman–Crippen MR) is 83.1 cm³/mol. The predicted octanol–water partition coefficient (Wildman–Crippen LogP) is 1.66. The van der Waals surface area contributed by atoms with Gasteiger partial charge >= 0.3 is 0 Å². The summed E-state index contributed by atoms with van der Waals surface area (Å²) in [6.07, 6.45) is 2.45. The zero-order valence-corrected chi connectivity index (χ0v) is 13.0. The van der Waals surface area contributed by atoms with Gasteiger partial charge in [0.15, 0.2) is 6.79 Å². The van der Waals surface area contributed by atoms with E-state index >= 15 is 0 Å². The molecule has 0 saturated carbocycles. The standard InChI is InChI=1S/C16H25N3O2/c1-18-5-3-15(4-6-18)19(2)9-12-7-14(17)8-13-10-20-11-21-16(12)13/h7-8,15H,3-6,9-11,17H2,1-2H3. The van der Waals surface area contributed by atoms with Crippen molar-refractivity contribution < 1.29 is 9.47 Å². The molecule has 2 heterocycles. The molecule has 1 aromatic rings. The van der Waals surface area contributed by atoms with Gasteiger partial charge in [0.1, 0.15) is 5.75 Å². The van der Waals surface area contributed by atoms with Crippen LogP contribution in [0.4, 0.5) is 5.69 Å². The van der Waals surface area contributed by atoms with Crippen molar-refractivity contribution in [1.82, 2.24) is 9.80 Å². The molecule has 116 valence electrons. The Morgan fingerprint density at radius 1 is 1.33 bits per heavy atom. The van der Waals surface area contributed by atoms with Gasteiger partial charge in [0, 0.05) is 29.4 Å². The maximum atomic E-state index is 6.02. The van der Waals surface area contributed by atoms with Crippen molar-refractivity contribution in [2.45, 2.75) is 32.0 Å². The Labute approximate surface area is 126 Å². The van der Waals surface area contributed by atoms with Crippen LogP contribution in [0.5, 0.6) is 5.75 Å². The number of nitrogens with zero attached hydrogens (tertiary/aromatic N) is 2. The number of fused-ring (bicyclic) bond motifs is 1. The molecule has 5 nitrogen and oxygen atoms in total. The second-order valence-corrected chi connectivity index (χ2v) is 6.23. The summed E-state index contributed by atoms with van der Waals surface area (Å²) >= 11 is 0. The van der Waals surface area contributed by atoms with E-state index in [1.165, 1.54) is 31.5 Å². The van der Waals surface area contributed by atoms with Gasteiger partial charge in [-0.05, 0) is 52.2 Å². The third-order valence-corrected chi connectivity index (χ3v) is 4.54. The molecule has 2 aliphatic rings. The van der Waals surface area contributed by atoms with Crippen LogP contribution in [0.15, 0.2) is 12.1 Å². The monoisotopic (exact) mass is 291 g/mol. The topological polar surface area (TPSA) is 51.0 Å². The summed E-state index contributed by atoms with van der Waals surface area (Å²) in [5.74, 6) is 0.968. The molecular weight excluding hydrogens is 266 g/mol. The van der Waals surface area contributed by atoms with E-state index in [9.17, 15) is 0 Å². The second kappa shape index (κ2) is 6.22. The summed E-state index contributed by atoms with van der Waals surface area (Å²) < 4.78 is 11.0. The molecule has 3 rings (SSSR count). The minimum absolute atomic E-state index is 0.335. The number of nitrogens with two attached hydrogens (primary N) is 1. The number of benzene rings is 1. The van der Waals surface area contributed by atoms with Crippen LogP contribution < -0.4 is 10.5 Å². The van der Waals surface area contributed by atoms with E-state index in [1.807, 2.05) is 12.1 Å². The zero-order chi connectivity index (χ0) is 14.8. The Balaban J connectivity index is 1.73. The summed E-state index contributed by atoms with van der Waals surface area (Å²) in [4.78, 5) is 4.83. The van der Waals surface area contributed by atoms with E-state index in [-0.39, 0.29) is 0 Å². The smallest absolute Gasteiger partial charge is 0.189 e. The first-order chi connectivity index (χ1) is 10.1. The maximum absolute atomic E-state index is 6.02. The molecular formula is C16H25N3O2. The zero-order valence-electron chi connectivity index (χ0n) is 13.0. The molecule has 1 aromatic carbocycles. The third kappa shape index (κ3) is 3.31. The van der Waals surface area contributed by atoms with Gasteiger partial charge in [-0.3, -0.25) is 4.90 Å². The highest BCUT2D eigenvalue weighted by atomic mass is 16.7. The fraction of sp³-hybridized carbons (Fsp3) is 0.625. The number of ether oxygens (including phenoxy) is 2. The van der Waals surface area contributed by atoms with Gasteiger partial charge in [0.05, 0.1) is 6.61 Å². The highest BCUT2D eigenvalue weighted by molar-refractivity contribution is 5.53. The molecule has 0 aliphatic carbocycles. The highest BCUT2D eigenvalue weighted by Gasteiger charge is 2.23. The highest BCUT2D eigenvalue weighted by Crippen LogP contribution is 2.32. The summed E-state index contributed by atoms with van der Waals surface area (Å²) in [5, 5.41) is 0. The van der Waals surface area contributed by atoms with E-state index in [1.54, 1.807) is 0 Å². The van der Waals surface area contributed by atoms with Crippen molar-refractivity contribution >= 4 is 5.69 Å². The number of rotatable bonds is 3. The number of likely N-dealkylation sites (tertiary alicyclic amines) is 1. The van der Waals surface area contributed by atoms with Crippen LogP contribution >= 0.6 is 0 Å². The van der Waals surface area contributed by atoms with Crippen molar-refractivity contribution in [1.29, 1.82) is 0 Å². The lowest BCUT2D eigenvalue weighted by Crippen LogP contribution is -2.41. The number of piperidine rings is 1. The Hall–Kier alpha value is -1.30. The maximum Gasteiger partial charge on any atom is 0.189 e. The van der Waals surface area contributed by atoms with E-state index in [0.717, 1.165) is 23.5 Å². The summed E-state index contributed by atoms with van der Waals surface area (Å²) in [6, 6.07) is 4.63. The fourth-order valence-corrected chi connectivity index (χ4v) is 3.28. The largest absolute Gasteiger partial charge is 0.467 e. The van der Waals surface area contributed by atoms with Gasteiger partial charge in [-0.1, -0.05) is 0 Å². The fourth-order valence-electron chi connectivity index (χ4n) is 3.28. The van der Waals surface area contributed by atoms with Crippen LogP contribution in [-0.2, 0) is 17.9 Å². The third-order valence-electron chi connectivity index (χ3n) is 4.54. The number of nitrogen functional groups attached to an aromatic ring is 1. The molecule has 0 amide bonds. The van der Waals surface area contributed by atoms with Gasteiger partial charge in [0.25, 0.3) is 0 Å². The normalized spacial score (nSPS) is 20.3. The minimum Gasteiger partial charge on any atom is -0.467 e. The molecule has 2 aliphatic heterocycles. The molecule has 2 N–H and O–H groups in total. The van der Waals surface area contributed by atoms with Gasteiger partial charge < -0.3 is 20.1 Å². The average molecular weight is 291 g/mol. The van der Waals surface area contributed by atoms with Crippen molar-refractivity contribution in [3.63, 3.8) is 0 Å². The molecule has 0 spiro atoms. The Morgan fingerprint density at radius 3 is 2.86 bits per heavy atom. The van der Waals surface area contributed by atoms with Crippen LogP contribution in [0, 0.1) is 0 Å².